The fourth-order valence-electron chi connectivity index (χ4n) is 2.22. The summed E-state index contributed by atoms with van der Waals surface area (Å²) in [6.45, 7) is 2.04. The molecule has 2 rings (SSSR count). The van der Waals surface area contributed by atoms with E-state index in [0.717, 1.165) is 0 Å². The van der Waals surface area contributed by atoms with E-state index in [4.69, 9.17) is 14.2 Å². The molecule has 1 aliphatic rings. The Labute approximate surface area is 119 Å². The Morgan fingerprint density at radius 3 is 2.10 bits per heavy atom. The number of carbonyl (C=O) groups excluding carboxylic acids is 1. The molecule has 110 valence electrons. The van der Waals surface area contributed by atoms with Crippen molar-refractivity contribution in [1.29, 1.82) is 0 Å². The number of nitrogens with one attached hydrogen (secondary N) is 1. The van der Waals surface area contributed by atoms with Crippen LogP contribution in [-0.4, -0.2) is 33.3 Å². The molecule has 1 N–H and O–H groups in total. The van der Waals surface area contributed by atoms with Gasteiger partial charge in [-0.15, -0.1) is 0 Å². The lowest BCUT2D eigenvalue weighted by Crippen LogP contribution is -2.34. The molecule has 0 aromatic heterocycles. The lowest BCUT2D eigenvalue weighted by atomic mass is 10.1. The van der Waals surface area contributed by atoms with E-state index < -0.39 is 0 Å². The zero-order chi connectivity index (χ0) is 14.7. The summed E-state index contributed by atoms with van der Waals surface area (Å²) in [4.78, 5) is 12.3. The second-order valence-corrected chi connectivity index (χ2v) is 5.01. The zero-order valence-electron chi connectivity index (χ0n) is 12.4. The van der Waals surface area contributed by atoms with Gasteiger partial charge in [-0.1, -0.05) is 0 Å². The molecule has 1 amide bonds. The average molecular weight is 279 g/mol. The van der Waals surface area contributed by atoms with Crippen LogP contribution in [0.5, 0.6) is 17.2 Å². The highest BCUT2D eigenvalue weighted by Crippen LogP contribution is 2.38. The Morgan fingerprint density at radius 2 is 1.70 bits per heavy atom. The van der Waals surface area contributed by atoms with Gasteiger partial charge in [-0.3, -0.25) is 4.79 Å². The van der Waals surface area contributed by atoms with Crippen molar-refractivity contribution < 1.29 is 19.0 Å². The summed E-state index contributed by atoms with van der Waals surface area (Å²) in [6.07, 6.45) is 2.38. The van der Waals surface area contributed by atoms with E-state index in [2.05, 4.69) is 5.32 Å². The van der Waals surface area contributed by atoms with Crippen LogP contribution in [0.15, 0.2) is 12.1 Å². The third-order valence-corrected chi connectivity index (χ3v) is 3.61. The van der Waals surface area contributed by atoms with E-state index in [1.807, 2.05) is 6.92 Å². The molecule has 0 heterocycles. The maximum absolute atomic E-state index is 12.3. The summed E-state index contributed by atoms with van der Waals surface area (Å²) in [5.41, 5.74) is 0.506. The Kier molecular flexibility index (Phi) is 4.37. The third kappa shape index (κ3) is 2.98. The fraction of sp³-hybridized carbons (Fsp3) is 0.533. The van der Waals surface area contributed by atoms with Crippen molar-refractivity contribution >= 4 is 5.91 Å². The SMILES string of the molecule is COc1cc(C(=O)N[C@@H](C)C2CC2)cc(OC)c1OC. The number of hydrogen-bond acceptors (Lipinski definition) is 4. The third-order valence-electron chi connectivity index (χ3n) is 3.61. The summed E-state index contributed by atoms with van der Waals surface area (Å²) in [5, 5.41) is 3.01. The van der Waals surface area contributed by atoms with Gasteiger partial charge in [-0.05, 0) is 37.8 Å². The van der Waals surface area contributed by atoms with Crippen LogP contribution < -0.4 is 19.5 Å². The minimum absolute atomic E-state index is 0.122. The van der Waals surface area contributed by atoms with Crippen LogP contribution in [-0.2, 0) is 0 Å². The minimum atomic E-state index is -0.122. The van der Waals surface area contributed by atoms with Crippen molar-refractivity contribution in [2.45, 2.75) is 25.8 Å². The number of benzene rings is 1. The molecule has 0 spiro atoms. The van der Waals surface area contributed by atoms with E-state index in [1.165, 1.54) is 34.2 Å². The molecule has 0 aliphatic heterocycles. The topological polar surface area (TPSA) is 56.8 Å². The molecule has 1 atom stereocenters. The second-order valence-electron chi connectivity index (χ2n) is 5.01. The fourth-order valence-corrected chi connectivity index (χ4v) is 2.22. The first-order valence-corrected chi connectivity index (χ1v) is 6.71. The van der Waals surface area contributed by atoms with Crippen LogP contribution in [0.25, 0.3) is 0 Å². The van der Waals surface area contributed by atoms with Gasteiger partial charge in [0.2, 0.25) is 5.75 Å². The Bertz CT molecular complexity index is 472. The van der Waals surface area contributed by atoms with Crippen molar-refractivity contribution in [1.82, 2.24) is 5.32 Å². The zero-order valence-corrected chi connectivity index (χ0v) is 12.4. The molecular weight excluding hydrogens is 258 g/mol. The Hall–Kier alpha value is -1.91. The van der Waals surface area contributed by atoms with Crippen molar-refractivity contribution in [2.24, 2.45) is 5.92 Å². The van der Waals surface area contributed by atoms with Crippen LogP contribution in [0.1, 0.15) is 30.1 Å². The summed E-state index contributed by atoms with van der Waals surface area (Å²) in [5.74, 6) is 1.94. The molecule has 0 radical (unpaired) electrons. The van der Waals surface area contributed by atoms with E-state index in [1.54, 1.807) is 12.1 Å². The summed E-state index contributed by atoms with van der Waals surface area (Å²) in [7, 11) is 4.60. The number of carbonyl (C=O) groups is 1. The normalized spacial score (nSPS) is 15.4. The lowest BCUT2D eigenvalue weighted by molar-refractivity contribution is 0.0935. The number of rotatable bonds is 6. The number of methoxy groups -OCH3 is 3. The largest absolute Gasteiger partial charge is 0.493 e. The molecule has 0 saturated heterocycles. The van der Waals surface area contributed by atoms with Crippen LogP contribution in [0.3, 0.4) is 0 Å². The molecule has 1 saturated carbocycles. The molecule has 1 aromatic rings. The van der Waals surface area contributed by atoms with E-state index in [9.17, 15) is 4.79 Å². The average Bonchev–Trinajstić information content (AvgIpc) is 3.29. The lowest BCUT2D eigenvalue weighted by Gasteiger charge is -2.16. The smallest absolute Gasteiger partial charge is 0.251 e. The second kappa shape index (κ2) is 6.03. The van der Waals surface area contributed by atoms with E-state index in [0.29, 0.717) is 28.7 Å². The summed E-state index contributed by atoms with van der Waals surface area (Å²) in [6, 6.07) is 3.52. The van der Waals surface area contributed by atoms with Gasteiger partial charge >= 0.3 is 0 Å². The van der Waals surface area contributed by atoms with Crippen LogP contribution in [0.2, 0.25) is 0 Å². The number of amides is 1. The van der Waals surface area contributed by atoms with Gasteiger partial charge in [0.15, 0.2) is 11.5 Å². The summed E-state index contributed by atoms with van der Waals surface area (Å²) >= 11 is 0. The molecular formula is C15H21NO4. The molecule has 0 bridgehead atoms. The molecule has 5 heteroatoms. The number of hydrogen-bond donors (Lipinski definition) is 1. The minimum Gasteiger partial charge on any atom is -0.493 e. The quantitative estimate of drug-likeness (QED) is 0.867. The Balaban J connectivity index is 2.24. The molecule has 5 nitrogen and oxygen atoms in total. The molecule has 1 aliphatic carbocycles. The number of ether oxygens (including phenoxy) is 3. The standard InChI is InChI=1S/C15H21NO4/c1-9(10-5-6-10)16-15(17)11-7-12(18-2)14(20-4)13(8-11)19-3/h7-10H,5-6H2,1-4H3,(H,16,17)/t9-/m0/s1. The van der Waals surface area contributed by atoms with Gasteiger partial charge in [-0.2, -0.15) is 0 Å². The maximum Gasteiger partial charge on any atom is 0.251 e. The molecule has 1 aromatic carbocycles. The van der Waals surface area contributed by atoms with Crippen LogP contribution in [0, 0.1) is 5.92 Å². The molecule has 0 unspecified atom stereocenters. The van der Waals surface area contributed by atoms with E-state index >= 15 is 0 Å². The first-order chi connectivity index (χ1) is 9.60. The van der Waals surface area contributed by atoms with Crippen molar-refractivity contribution in [3.8, 4) is 17.2 Å². The van der Waals surface area contributed by atoms with E-state index in [-0.39, 0.29) is 11.9 Å². The molecule has 1 fully saturated rings. The Morgan fingerprint density at radius 1 is 1.15 bits per heavy atom. The van der Waals surface area contributed by atoms with Crippen molar-refractivity contribution in [3.63, 3.8) is 0 Å². The first kappa shape index (κ1) is 14.5. The van der Waals surface area contributed by atoms with Gasteiger partial charge < -0.3 is 19.5 Å². The highest BCUT2D eigenvalue weighted by Gasteiger charge is 2.29. The summed E-state index contributed by atoms with van der Waals surface area (Å²) < 4.78 is 15.7. The van der Waals surface area contributed by atoms with Crippen molar-refractivity contribution in [2.75, 3.05) is 21.3 Å². The highest BCUT2D eigenvalue weighted by molar-refractivity contribution is 5.95. The van der Waals surface area contributed by atoms with Gasteiger partial charge in [0, 0.05) is 11.6 Å². The van der Waals surface area contributed by atoms with Crippen LogP contribution in [0.4, 0.5) is 0 Å². The van der Waals surface area contributed by atoms with Gasteiger partial charge in [-0.25, -0.2) is 0 Å². The maximum atomic E-state index is 12.3. The monoisotopic (exact) mass is 279 g/mol. The van der Waals surface area contributed by atoms with Crippen molar-refractivity contribution in [3.05, 3.63) is 17.7 Å². The van der Waals surface area contributed by atoms with Crippen LogP contribution >= 0.6 is 0 Å². The molecule has 20 heavy (non-hydrogen) atoms. The van der Waals surface area contributed by atoms with Gasteiger partial charge in [0.25, 0.3) is 5.91 Å². The predicted molar refractivity (Wildman–Crippen MR) is 75.8 cm³/mol. The highest BCUT2D eigenvalue weighted by atomic mass is 16.5. The predicted octanol–water partition coefficient (Wildman–Crippen LogP) is 2.24. The van der Waals surface area contributed by atoms with Gasteiger partial charge in [0.05, 0.1) is 21.3 Å². The van der Waals surface area contributed by atoms with Gasteiger partial charge in [0.1, 0.15) is 0 Å². The first-order valence-electron chi connectivity index (χ1n) is 6.71.